The van der Waals surface area contributed by atoms with Gasteiger partial charge in [-0.15, -0.1) is 5.10 Å². The molecule has 2 N–H and O–H groups in total. The Morgan fingerprint density at radius 2 is 1.82 bits per heavy atom. The Morgan fingerprint density at radius 1 is 0.978 bits per heavy atom. The summed E-state index contributed by atoms with van der Waals surface area (Å²) in [6.07, 6.45) is 2.48. The van der Waals surface area contributed by atoms with Crippen LogP contribution in [0.25, 0.3) is 11.1 Å². The predicted octanol–water partition coefficient (Wildman–Crippen LogP) is 1.60. The van der Waals surface area contributed by atoms with Crippen LogP contribution in [0.5, 0.6) is 23.3 Å². The van der Waals surface area contributed by atoms with E-state index in [9.17, 15) is 14.4 Å². The predicted molar refractivity (Wildman–Crippen MR) is 159 cm³/mol. The first kappa shape index (κ1) is 29.4. The van der Waals surface area contributed by atoms with Gasteiger partial charge < -0.3 is 34.5 Å². The van der Waals surface area contributed by atoms with Crippen LogP contribution in [0.3, 0.4) is 0 Å². The molecule has 232 valence electrons. The van der Waals surface area contributed by atoms with Gasteiger partial charge in [-0.25, -0.2) is 4.68 Å². The maximum Gasteiger partial charge on any atom is 0.314 e. The maximum atomic E-state index is 13.6. The lowest BCUT2D eigenvalue weighted by Crippen LogP contribution is -2.45. The Labute approximate surface area is 258 Å². The van der Waals surface area contributed by atoms with E-state index in [1.165, 1.54) is 30.0 Å². The highest BCUT2D eigenvalue weighted by Crippen LogP contribution is 2.28. The molecular weight excluding hydrogens is 582 g/mol. The number of aromatic nitrogens is 4. The van der Waals surface area contributed by atoms with Gasteiger partial charge in [0, 0.05) is 49.7 Å². The number of hydrogen-bond acceptors (Lipinski definition) is 10. The molecule has 3 aliphatic rings. The van der Waals surface area contributed by atoms with Gasteiger partial charge in [-0.2, -0.15) is 4.98 Å². The molecule has 0 spiro atoms. The molecule has 0 unspecified atom stereocenters. The normalized spacial score (nSPS) is 18.2. The second-order valence-corrected chi connectivity index (χ2v) is 10.5. The minimum atomic E-state index is -0.630. The number of nitrogens with one attached hydrogen (secondary N) is 2. The quantitative estimate of drug-likeness (QED) is 0.348. The van der Waals surface area contributed by atoms with Crippen molar-refractivity contribution in [3.63, 3.8) is 0 Å². The Hall–Kier alpha value is -5.66. The third-order valence-corrected chi connectivity index (χ3v) is 7.53. The molecule has 14 nitrogen and oxygen atoms in total. The minimum Gasteiger partial charge on any atom is -0.496 e. The molecule has 0 radical (unpaired) electrons. The Kier molecular flexibility index (Phi) is 8.18. The van der Waals surface area contributed by atoms with Gasteiger partial charge in [-0.05, 0) is 35.9 Å². The van der Waals surface area contributed by atoms with Crippen LogP contribution in [0.15, 0.2) is 60.9 Å². The van der Waals surface area contributed by atoms with Crippen LogP contribution >= 0.6 is 0 Å². The van der Waals surface area contributed by atoms with E-state index in [2.05, 4.69) is 25.7 Å². The summed E-state index contributed by atoms with van der Waals surface area (Å²) in [5, 5.41) is 10.1. The molecule has 4 aromatic rings. The molecule has 7 rings (SSSR count). The van der Waals surface area contributed by atoms with Crippen LogP contribution in [0, 0.1) is 0 Å². The van der Waals surface area contributed by atoms with E-state index in [0.29, 0.717) is 28.4 Å². The lowest BCUT2D eigenvalue weighted by molar-refractivity contribution is -0.123. The monoisotopic (exact) mass is 613 g/mol. The number of benzene rings is 2. The zero-order valence-corrected chi connectivity index (χ0v) is 24.9. The minimum absolute atomic E-state index is 0.0337. The number of pyridine rings is 1. The van der Waals surface area contributed by atoms with Crippen molar-refractivity contribution in [2.45, 2.75) is 18.7 Å². The van der Waals surface area contributed by atoms with E-state index in [1.54, 1.807) is 55.7 Å². The topological polar surface area (TPSA) is 159 Å². The van der Waals surface area contributed by atoms with Crippen LogP contribution in [0.2, 0.25) is 0 Å². The van der Waals surface area contributed by atoms with E-state index in [1.807, 2.05) is 6.07 Å². The lowest BCUT2D eigenvalue weighted by atomic mass is 10.1. The Morgan fingerprint density at radius 3 is 2.62 bits per heavy atom. The van der Waals surface area contributed by atoms with E-state index < -0.39 is 18.1 Å². The molecule has 5 heterocycles. The summed E-state index contributed by atoms with van der Waals surface area (Å²) in [5.74, 6) is 0.280. The molecule has 1 fully saturated rings. The zero-order chi connectivity index (χ0) is 31.5. The first-order valence-electron chi connectivity index (χ1n) is 14.1. The van der Waals surface area contributed by atoms with E-state index in [0.717, 1.165) is 11.1 Å². The van der Waals surface area contributed by atoms with Crippen LogP contribution in [0.1, 0.15) is 26.5 Å². The van der Waals surface area contributed by atoms with Gasteiger partial charge in [0.1, 0.15) is 23.4 Å². The van der Waals surface area contributed by atoms with Gasteiger partial charge in [0.05, 0.1) is 32.4 Å². The largest absolute Gasteiger partial charge is 0.496 e. The average Bonchev–Trinajstić information content (AvgIpc) is 3.64. The highest BCUT2D eigenvalue weighted by molar-refractivity contribution is 5.95. The fourth-order valence-electron chi connectivity index (χ4n) is 5.23. The van der Waals surface area contributed by atoms with E-state index >= 15 is 0 Å². The molecule has 0 aliphatic carbocycles. The summed E-state index contributed by atoms with van der Waals surface area (Å²) in [7, 11) is 4.59. The summed E-state index contributed by atoms with van der Waals surface area (Å²) >= 11 is 0. The maximum absolute atomic E-state index is 13.6. The van der Waals surface area contributed by atoms with Gasteiger partial charge >= 0.3 is 6.01 Å². The van der Waals surface area contributed by atoms with Crippen LogP contribution in [0.4, 0.5) is 0 Å². The standard InChI is InChI=1S/C31H31N7O7/c1-37-31(43-3)35-28(36-37)30(41)38-15-24-26(16-38)45-23-8-7-19(25(11-23)42-2)14-33-27(39)17-44-22-6-4-5-18(10-22)20-9-21(13-32-12-20)29(40)34-24/h4-13,24,26H,14-17H2,1-3H3,(H,33,39)(H,34,40)/t24-,26-/m0/s1. The molecule has 3 aliphatic heterocycles. The third-order valence-electron chi connectivity index (χ3n) is 7.53. The number of rotatable bonds is 3. The molecule has 1 saturated heterocycles. The number of likely N-dealkylation sites (tertiary alicyclic amines) is 1. The smallest absolute Gasteiger partial charge is 0.314 e. The van der Waals surface area contributed by atoms with Gasteiger partial charge in [-0.1, -0.05) is 12.1 Å². The first-order chi connectivity index (χ1) is 21.8. The van der Waals surface area contributed by atoms with Crippen LogP contribution in [-0.2, 0) is 18.4 Å². The highest BCUT2D eigenvalue weighted by Gasteiger charge is 2.40. The number of hydrogen-bond donors (Lipinski definition) is 2. The van der Waals surface area contributed by atoms with Crippen molar-refractivity contribution < 1.29 is 33.3 Å². The molecule has 2 aromatic heterocycles. The number of carbonyl (C=O) groups excluding carboxylic acids is 3. The highest BCUT2D eigenvalue weighted by atomic mass is 16.5. The summed E-state index contributed by atoms with van der Waals surface area (Å²) in [5.41, 5.74) is 2.48. The summed E-state index contributed by atoms with van der Waals surface area (Å²) in [6, 6.07) is 13.7. The molecule has 45 heavy (non-hydrogen) atoms. The van der Waals surface area contributed by atoms with Crippen molar-refractivity contribution >= 4 is 17.7 Å². The average molecular weight is 614 g/mol. The summed E-state index contributed by atoms with van der Waals surface area (Å²) in [6.45, 7) is 0.306. The Balaban J connectivity index is 1.34. The fraction of sp³-hybridized carbons (Fsp3) is 0.290. The molecule has 0 saturated carbocycles. The van der Waals surface area contributed by atoms with Crippen molar-refractivity contribution in [2.24, 2.45) is 7.05 Å². The van der Waals surface area contributed by atoms with Gasteiger partial charge in [0.2, 0.25) is 5.82 Å². The number of amides is 3. The third kappa shape index (κ3) is 6.34. The number of ether oxygens (including phenoxy) is 4. The molecular formula is C31H31N7O7. The molecule has 2 aromatic carbocycles. The first-order valence-corrected chi connectivity index (χ1v) is 14.1. The van der Waals surface area contributed by atoms with E-state index in [-0.39, 0.29) is 49.9 Å². The number of methoxy groups -OCH3 is 2. The van der Waals surface area contributed by atoms with Crippen molar-refractivity contribution in [3.05, 3.63) is 77.9 Å². The molecule has 2 atom stereocenters. The van der Waals surface area contributed by atoms with Crippen molar-refractivity contribution in [1.82, 2.24) is 35.3 Å². The van der Waals surface area contributed by atoms with Crippen molar-refractivity contribution in [1.29, 1.82) is 0 Å². The van der Waals surface area contributed by atoms with Gasteiger partial charge in [0.15, 0.2) is 6.61 Å². The zero-order valence-electron chi connectivity index (χ0n) is 24.9. The van der Waals surface area contributed by atoms with E-state index in [4.69, 9.17) is 18.9 Å². The fourth-order valence-corrected chi connectivity index (χ4v) is 5.23. The Bertz CT molecular complexity index is 1760. The van der Waals surface area contributed by atoms with Crippen molar-refractivity contribution in [2.75, 3.05) is 33.9 Å². The second-order valence-electron chi connectivity index (χ2n) is 10.5. The summed E-state index contributed by atoms with van der Waals surface area (Å²) < 4.78 is 24.2. The van der Waals surface area contributed by atoms with Crippen molar-refractivity contribution in [3.8, 4) is 34.4 Å². The molecule has 14 heteroatoms. The van der Waals surface area contributed by atoms with Gasteiger partial charge in [0.25, 0.3) is 17.7 Å². The number of nitrogens with zero attached hydrogens (tertiary/aromatic N) is 5. The molecule has 6 bridgehead atoms. The van der Waals surface area contributed by atoms with Crippen LogP contribution in [-0.4, -0.2) is 88.4 Å². The number of carbonyl (C=O) groups is 3. The number of aryl methyl sites for hydroxylation is 1. The second kappa shape index (κ2) is 12.5. The SMILES string of the molecule is COc1cc2ccc1CNC(=O)COc1cccc(c1)-c1cncc(c1)C(=O)N[C@H]1CN(C(=O)c3nc(OC)n(C)n3)C[C@@H]1O2. The van der Waals surface area contributed by atoms with Crippen LogP contribution < -0.4 is 29.6 Å². The van der Waals surface area contributed by atoms with Gasteiger partial charge in [-0.3, -0.25) is 19.4 Å². The number of fused-ring (bicyclic) bond motifs is 7. The molecule has 3 amide bonds. The lowest BCUT2D eigenvalue weighted by Gasteiger charge is -2.22. The summed E-state index contributed by atoms with van der Waals surface area (Å²) in [4.78, 5) is 49.6.